The van der Waals surface area contributed by atoms with Gasteiger partial charge in [-0.25, -0.2) is 0 Å². The molecule has 0 unspecified atom stereocenters. The van der Waals surface area contributed by atoms with Crippen LogP contribution in [0.25, 0.3) is 0 Å². The molecule has 0 heterocycles. The molecule has 0 aromatic rings. The molecule has 19 heteroatoms. The molecule has 0 aromatic heterocycles. The van der Waals surface area contributed by atoms with E-state index in [0.29, 0.717) is 0 Å². The molecule has 0 aliphatic carbocycles. The molecule has 0 N–H and O–H groups in total. The summed E-state index contributed by atoms with van der Waals surface area (Å²) in [6.07, 6.45) is -15.6. The Balaban J connectivity index is -0.00000312. The molecule has 0 bridgehead atoms. The molecular formula is C8HF18K. The Kier molecular flexibility index (Phi) is 7.95. The topological polar surface area (TPSA) is 0 Å². The summed E-state index contributed by atoms with van der Waals surface area (Å²) in [6, 6.07) is 0. The van der Waals surface area contributed by atoms with Gasteiger partial charge in [0.2, 0.25) is 0 Å². The van der Waals surface area contributed by atoms with Crippen molar-refractivity contribution in [3.05, 3.63) is 0 Å². The first kappa shape index (κ1) is 29.6. The van der Waals surface area contributed by atoms with Gasteiger partial charge in [-0.15, -0.1) is 0 Å². The van der Waals surface area contributed by atoms with Gasteiger partial charge in [-0.3, -0.25) is 0 Å². The van der Waals surface area contributed by atoms with E-state index in [1.807, 2.05) is 0 Å². The van der Waals surface area contributed by atoms with Crippen molar-refractivity contribution in [3.63, 3.8) is 0 Å². The van der Waals surface area contributed by atoms with E-state index in [1.54, 1.807) is 0 Å². The van der Waals surface area contributed by atoms with Crippen LogP contribution in [-0.2, 0) is 0 Å². The molecule has 0 nitrogen and oxygen atoms in total. The number of hydrogen-bond acceptors (Lipinski definition) is 0. The van der Waals surface area contributed by atoms with E-state index in [2.05, 4.69) is 0 Å². The fourth-order valence-electron chi connectivity index (χ4n) is 1.14. The third-order valence-electron chi connectivity index (χ3n) is 2.68. The molecule has 0 saturated carbocycles. The van der Waals surface area contributed by atoms with Crippen LogP contribution in [0.5, 0.6) is 0 Å². The number of rotatable bonds is 5. The zero-order valence-corrected chi connectivity index (χ0v) is 14.9. The van der Waals surface area contributed by atoms with Crippen LogP contribution in [-0.4, -0.2) is 47.9 Å². The van der Waals surface area contributed by atoms with Crippen LogP contribution in [0.4, 0.5) is 79.0 Å². The van der Waals surface area contributed by atoms with Crippen molar-refractivity contribution in [2.45, 2.75) is 47.9 Å². The van der Waals surface area contributed by atoms with Crippen molar-refractivity contribution < 1.29 is 132 Å². The average Bonchev–Trinajstić information content (AvgIpc) is 2.34. The van der Waals surface area contributed by atoms with Gasteiger partial charge >= 0.3 is 99.3 Å². The average molecular weight is 478 g/mol. The Bertz CT molecular complexity index is 481. The van der Waals surface area contributed by atoms with E-state index in [1.165, 1.54) is 0 Å². The van der Waals surface area contributed by atoms with Crippen molar-refractivity contribution in [3.8, 4) is 0 Å². The third-order valence-corrected chi connectivity index (χ3v) is 2.68. The van der Waals surface area contributed by atoms with Crippen LogP contribution in [0, 0.1) is 0 Å². The molecule has 0 amide bonds. The van der Waals surface area contributed by atoms with Crippen molar-refractivity contribution in [1.29, 1.82) is 0 Å². The second-order valence-corrected chi connectivity index (χ2v) is 4.44. The van der Waals surface area contributed by atoms with Crippen LogP contribution in [0.3, 0.4) is 0 Å². The second-order valence-electron chi connectivity index (χ2n) is 4.44. The van der Waals surface area contributed by atoms with E-state index in [-0.39, 0.29) is 52.8 Å². The fourth-order valence-corrected chi connectivity index (χ4v) is 1.14. The van der Waals surface area contributed by atoms with Gasteiger partial charge in [-0.1, -0.05) is 0 Å². The first-order chi connectivity index (χ1) is 10.8. The predicted octanol–water partition coefficient (Wildman–Crippen LogP) is 3.04. The molecule has 0 aromatic carbocycles. The normalized spacial score (nSPS) is 16.2. The zero-order valence-electron chi connectivity index (χ0n) is 12.8. The van der Waals surface area contributed by atoms with Gasteiger partial charge in [0.25, 0.3) is 0 Å². The molecule has 0 aliphatic heterocycles. The molecule has 160 valence electrons. The van der Waals surface area contributed by atoms with Crippen LogP contribution in [0.1, 0.15) is 1.43 Å². The van der Waals surface area contributed by atoms with Gasteiger partial charge < -0.3 is 1.43 Å². The summed E-state index contributed by atoms with van der Waals surface area (Å²) in [5.41, 5.74) is 0. The molecular weight excluding hydrogens is 477 g/mol. The molecule has 0 rings (SSSR count). The number of alkyl halides is 18. The van der Waals surface area contributed by atoms with E-state index in [9.17, 15) is 79.0 Å². The van der Waals surface area contributed by atoms with Gasteiger partial charge in [0.05, 0.1) is 0 Å². The van der Waals surface area contributed by atoms with E-state index >= 15 is 0 Å². The summed E-state index contributed by atoms with van der Waals surface area (Å²) in [4.78, 5) is 0. The SMILES string of the molecule is FC(F)(F)C(F)(F)C(F)(F)C(F)(F)C(F)(F)C(F)(F)C(F)(F)C(F)(F)F.[H-].[K+]. The van der Waals surface area contributed by atoms with Crippen molar-refractivity contribution in [2.75, 3.05) is 0 Å². The third kappa shape index (κ3) is 3.90. The summed E-state index contributed by atoms with van der Waals surface area (Å²) in [5.74, 6) is -51.0. The number of halogens is 18. The minimum atomic E-state index is -8.72. The molecule has 0 fully saturated rings. The summed E-state index contributed by atoms with van der Waals surface area (Å²) < 4.78 is 221. The summed E-state index contributed by atoms with van der Waals surface area (Å²) in [7, 11) is 0. The first-order valence-corrected chi connectivity index (χ1v) is 5.15. The fraction of sp³-hybridized carbons (Fsp3) is 1.00. The largest absolute Gasteiger partial charge is 1.00 e. The molecule has 27 heavy (non-hydrogen) atoms. The van der Waals surface area contributed by atoms with Crippen molar-refractivity contribution in [2.24, 2.45) is 0 Å². The standard InChI is InChI=1S/C8F18.K.H/c9-1(10,3(13,14)5(17,18)7(21,22)23)2(11,12)4(15,16)6(19,20)8(24,25)26;;/q;+1;-1. The maximum absolute atomic E-state index is 12.8. The van der Waals surface area contributed by atoms with Crippen LogP contribution >= 0.6 is 0 Å². The molecule has 0 saturated heterocycles. The Morgan fingerprint density at radius 1 is 0.259 bits per heavy atom. The van der Waals surface area contributed by atoms with Gasteiger partial charge in [-0.2, -0.15) is 79.0 Å². The van der Waals surface area contributed by atoms with E-state index in [0.717, 1.165) is 0 Å². The molecule has 0 aliphatic rings. The Morgan fingerprint density at radius 3 is 0.481 bits per heavy atom. The van der Waals surface area contributed by atoms with Gasteiger partial charge in [-0.05, 0) is 0 Å². The molecule has 0 spiro atoms. The van der Waals surface area contributed by atoms with Crippen LogP contribution in [0.2, 0.25) is 0 Å². The quantitative estimate of drug-likeness (QED) is 0.421. The minimum absolute atomic E-state index is 0. The van der Waals surface area contributed by atoms with Gasteiger partial charge in [0.1, 0.15) is 0 Å². The van der Waals surface area contributed by atoms with Crippen LogP contribution in [0.15, 0.2) is 0 Å². The Hall–Kier alpha value is 0.376. The summed E-state index contributed by atoms with van der Waals surface area (Å²) >= 11 is 0. The van der Waals surface area contributed by atoms with Gasteiger partial charge in [0.15, 0.2) is 0 Å². The first-order valence-electron chi connectivity index (χ1n) is 5.15. The summed E-state index contributed by atoms with van der Waals surface area (Å²) in [5, 5.41) is 0. The van der Waals surface area contributed by atoms with E-state index in [4.69, 9.17) is 0 Å². The second kappa shape index (κ2) is 7.26. The Labute approximate surface area is 179 Å². The minimum Gasteiger partial charge on any atom is -1.00 e. The maximum Gasteiger partial charge on any atom is 1.00 e. The van der Waals surface area contributed by atoms with E-state index < -0.39 is 47.9 Å². The number of hydrogen-bond donors (Lipinski definition) is 0. The van der Waals surface area contributed by atoms with Crippen LogP contribution < -0.4 is 51.4 Å². The predicted molar refractivity (Wildman–Crippen MR) is 42.9 cm³/mol. The molecule has 0 atom stereocenters. The van der Waals surface area contributed by atoms with Crippen molar-refractivity contribution in [1.82, 2.24) is 0 Å². The summed E-state index contributed by atoms with van der Waals surface area (Å²) in [6.45, 7) is 0. The van der Waals surface area contributed by atoms with Crippen molar-refractivity contribution >= 4 is 0 Å². The smallest absolute Gasteiger partial charge is 1.00 e. The monoisotopic (exact) mass is 478 g/mol. The van der Waals surface area contributed by atoms with Gasteiger partial charge in [0, 0.05) is 0 Å². The Morgan fingerprint density at radius 2 is 0.370 bits per heavy atom. The molecule has 0 radical (unpaired) electrons. The zero-order chi connectivity index (χ0) is 22.0. The maximum atomic E-state index is 12.8.